The van der Waals surface area contributed by atoms with Crippen molar-refractivity contribution < 1.29 is 4.79 Å². The van der Waals surface area contributed by atoms with Gasteiger partial charge in [0, 0.05) is 18.3 Å². The molecule has 3 atom stereocenters. The molecule has 0 saturated heterocycles. The van der Waals surface area contributed by atoms with E-state index in [1.54, 1.807) is 0 Å². The summed E-state index contributed by atoms with van der Waals surface area (Å²) in [6.07, 6.45) is 3.59. The van der Waals surface area contributed by atoms with Crippen LogP contribution in [0.3, 0.4) is 0 Å². The van der Waals surface area contributed by atoms with Gasteiger partial charge in [0.1, 0.15) is 0 Å². The Morgan fingerprint density at radius 1 is 1.25 bits per heavy atom. The summed E-state index contributed by atoms with van der Waals surface area (Å²) >= 11 is 0. The van der Waals surface area contributed by atoms with Gasteiger partial charge in [-0.15, -0.1) is 0 Å². The van der Waals surface area contributed by atoms with Crippen LogP contribution in [0.2, 0.25) is 0 Å². The van der Waals surface area contributed by atoms with Crippen LogP contribution in [0.4, 0.5) is 5.69 Å². The summed E-state index contributed by atoms with van der Waals surface area (Å²) in [5.74, 6) is 1.30. The van der Waals surface area contributed by atoms with Crippen molar-refractivity contribution in [1.82, 2.24) is 5.32 Å². The number of benzene rings is 1. The lowest BCUT2D eigenvalue weighted by Crippen LogP contribution is -2.43. The van der Waals surface area contributed by atoms with E-state index >= 15 is 0 Å². The number of carbonyl (C=O) groups is 1. The lowest BCUT2D eigenvalue weighted by molar-refractivity contribution is 0.0892. The third-order valence-electron chi connectivity index (χ3n) is 4.56. The molecular weight excluding hydrogens is 248 g/mol. The molecule has 20 heavy (non-hydrogen) atoms. The molecule has 2 rings (SSSR count). The fourth-order valence-corrected chi connectivity index (χ4v) is 3.06. The minimum atomic E-state index is 0.0486. The van der Waals surface area contributed by atoms with E-state index in [-0.39, 0.29) is 5.91 Å². The number of carbonyl (C=O) groups excluding carboxylic acids is 1. The van der Waals surface area contributed by atoms with Crippen molar-refractivity contribution in [2.45, 2.75) is 46.1 Å². The molecule has 1 saturated carbocycles. The van der Waals surface area contributed by atoms with Crippen LogP contribution in [0.1, 0.15) is 50.4 Å². The molecule has 0 aromatic heterocycles. The van der Waals surface area contributed by atoms with Crippen molar-refractivity contribution in [3.63, 3.8) is 0 Å². The average Bonchev–Trinajstić information content (AvgIpc) is 2.45. The molecule has 3 heteroatoms. The quantitative estimate of drug-likeness (QED) is 0.879. The highest BCUT2D eigenvalue weighted by molar-refractivity contribution is 5.99. The Bertz CT molecular complexity index is 458. The Hall–Kier alpha value is -1.51. The van der Waals surface area contributed by atoms with Gasteiger partial charge < -0.3 is 10.6 Å². The van der Waals surface area contributed by atoms with Crippen LogP contribution in [0.5, 0.6) is 0 Å². The Kier molecular flexibility index (Phi) is 5.05. The predicted molar refractivity (Wildman–Crippen MR) is 84.0 cm³/mol. The number of anilines is 1. The molecule has 0 heterocycles. The van der Waals surface area contributed by atoms with Crippen LogP contribution < -0.4 is 10.6 Å². The minimum absolute atomic E-state index is 0.0486. The van der Waals surface area contributed by atoms with E-state index in [9.17, 15) is 4.79 Å². The maximum absolute atomic E-state index is 12.5. The molecule has 1 fully saturated rings. The summed E-state index contributed by atoms with van der Waals surface area (Å²) < 4.78 is 0. The molecule has 3 nitrogen and oxygen atoms in total. The van der Waals surface area contributed by atoms with E-state index in [2.05, 4.69) is 24.5 Å². The van der Waals surface area contributed by atoms with Crippen molar-refractivity contribution in [2.75, 3.05) is 11.9 Å². The Morgan fingerprint density at radius 2 is 2.00 bits per heavy atom. The van der Waals surface area contributed by atoms with E-state index < -0.39 is 0 Å². The maximum atomic E-state index is 12.5. The minimum Gasteiger partial charge on any atom is -0.385 e. The SMILES string of the molecule is CCNc1ccccc1C(=O)NC1CCCC(C)C1C. The molecule has 0 bridgehead atoms. The Balaban J connectivity index is 2.08. The highest BCUT2D eigenvalue weighted by atomic mass is 16.1. The largest absolute Gasteiger partial charge is 0.385 e. The highest BCUT2D eigenvalue weighted by Crippen LogP contribution is 2.29. The first-order chi connectivity index (χ1) is 9.63. The van der Waals surface area contributed by atoms with Crippen molar-refractivity contribution in [2.24, 2.45) is 11.8 Å². The van der Waals surface area contributed by atoms with Gasteiger partial charge >= 0.3 is 0 Å². The van der Waals surface area contributed by atoms with Gasteiger partial charge in [-0.3, -0.25) is 4.79 Å². The molecule has 1 amide bonds. The summed E-state index contributed by atoms with van der Waals surface area (Å²) in [6, 6.07) is 8.04. The van der Waals surface area contributed by atoms with E-state index in [0.29, 0.717) is 17.9 Å². The first-order valence-corrected chi connectivity index (χ1v) is 7.77. The van der Waals surface area contributed by atoms with E-state index in [1.807, 2.05) is 31.2 Å². The molecule has 110 valence electrons. The average molecular weight is 274 g/mol. The van der Waals surface area contributed by atoms with Gasteiger partial charge in [0.05, 0.1) is 5.56 Å². The summed E-state index contributed by atoms with van der Waals surface area (Å²) in [4.78, 5) is 12.5. The zero-order valence-corrected chi connectivity index (χ0v) is 12.8. The number of para-hydroxylation sites is 1. The second-order valence-corrected chi connectivity index (χ2v) is 5.92. The summed E-state index contributed by atoms with van der Waals surface area (Å²) in [6.45, 7) is 7.40. The molecule has 1 aromatic rings. The van der Waals surface area contributed by atoms with Gasteiger partial charge in [0.2, 0.25) is 0 Å². The van der Waals surface area contributed by atoms with Crippen LogP contribution in [0, 0.1) is 11.8 Å². The molecule has 1 aliphatic rings. The summed E-state index contributed by atoms with van der Waals surface area (Å²) in [5, 5.41) is 6.49. The lowest BCUT2D eigenvalue weighted by atomic mass is 9.78. The van der Waals surface area contributed by atoms with Crippen molar-refractivity contribution >= 4 is 11.6 Å². The van der Waals surface area contributed by atoms with E-state index in [0.717, 1.165) is 24.2 Å². The molecule has 0 aliphatic heterocycles. The molecule has 0 spiro atoms. The molecule has 0 radical (unpaired) electrons. The molecule has 2 N–H and O–H groups in total. The van der Waals surface area contributed by atoms with Crippen LogP contribution in [0.15, 0.2) is 24.3 Å². The number of amides is 1. The van der Waals surface area contributed by atoms with Crippen LogP contribution in [-0.4, -0.2) is 18.5 Å². The standard InChI is InChI=1S/C17H26N2O/c1-4-18-16-10-6-5-9-14(16)17(20)19-15-11-7-8-12(2)13(15)3/h5-6,9-10,12-13,15,18H,4,7-8,11H2,1-3H3,(H,19,20). The van der Waals surface area contributed by atoms with Crippen molar-refractivity contribution in [1.29, 1.82) is 0 Å². The smallest absolute Gasteiger partial charge is 0.253 e. The summed E-state index contributed by atoms with van der Waals surface area (Å²) in [7, 11) is 0. The second kappa shape index (κ2) is 6.78. The normalized spacial score (nSPS) is 26.1. The Labute approximate surface area is 122 Å². The Morgan fingerprint density at radius 3 is 2.75 bits per heavy atom. The predicted octanol–water partition coefficient (Wildman–Crippen LogP) is 3.67. The van der Waals surface area contributed by atoms with E-state index in [4.69, 9.17) is 0 Å². The first-order valence-electron chi connectivity index (χ1n) is 7.77. The van der Waals surface area contributed by atoms with Crippen LogP contribution in [0.25, 0.3) is 0 Å². The van der Waals surface area contributed by atoms with Gasteiger partial charge in [-0.1, -0.05) is 38.8 Å². The number of hydrogen-bond donors (Lipinski definition) is 2. The zero-order chi connectivity index (χ0) is 14.5. The van der Waals surface area contributed by atoms with Gasteiger partial charge in [-0.25, -0.2) is 0 Å². The van der Waals surface area contributed by atoms with Gasteiger partial charge in [-0.2, -0.15) is 0 Å². The monoisotopic (exact) mass is 274 g/mol. The maximum Gasteiger partial charge on any atom is 0.253 e. The zero-order valence-electron chi connectivity index (χ0n) is 12.8. The van der Waals surface area contributed by atoms with E-state index in [1.165, 1.54) is 12.8 Å². The first kappa shape index (κ1) is 14.9. The second-order valence-electron chi connectivity index (χ2n) is 5.92. The van der Waals surface area contributed by atoms with Gasteiger partial charge in [-0.05, 0) is 37.3 Å². The third kappa shape index (κ3) is 3.33. The fourth-order valence-electron chi connectivity index (χ4n) is 3.06. The molecule has 1 aromatic carbocycles. The van der Waals surface area contributed by atoms with Gasteiger partial charge in [0.25, 0.3) is 5.91 Å². The summed E-state index contributed by atoms with van der Waals surface area (Å²) in [5.41, 5.74) is 1.67. The molecular formula is C17H26N2O. The van der Waals surface area contributed by atoms with Crippen LogP contribution >= 0.6 is 0 Å². The van der Waals surface area contributed by atoms with Crippen molar-refractivity contribution in [3.05, 3.63) is 29.8 Å². The van der Waals surface area contributed by atoms with Crippen molar-refractivity contribution in [3.8, 4) is 0 Å². The fraction of sp³-hybridized carbons (Fsp3) is 0.588. The highest BCUT2D eigenvalue weighted by Gasteiger charge is 2.28. The molecule has 1 aliphatic carbocycles. The third-order valence-corrected chi connectivity index (χ3v) is 4.56. The number of nitrogens with one attached hydrogen (secondary N) is 2. The lowest BCUT2D eigenvalue weighted by Gasteiger charge is -2.34. The van der Waals surface area contributed by atoms with Gasteiger partial charge in [0.15, 0.2) is 0 Å². The molecule has 3 unspecified atom stereocenters. The van der Waals surface area contributed by atoms with Crippen LogP contribution in [-0.2, 0) is 0 Å². The number of rotatable bonds is 4. The topological polar surface area (TPSA) is 41.1 Å². The number of hydrogen-bond acceptors (Lipinski definition) is 2.